The summed E-state index contributed by atoms with van der Waals surface area (Å²) in [6.07, 6.45) is 0. The van der Waals surface area contributed by atoms with Gasteiger partial charge < -0.3 is 10.6 Å². The fraction of sp³-hybridized carbons (Fsp3) is 0.278. The lowest BCUT2D eigenvalue weighted by atomic mass is 10.1. The Hall–Kier alpha value is -1.63. The average Bonchev–Trinajstić information content (AvgIpc) is 2.60. The third-order valence-corrected chi connectivity index (χ3v) is 4.58. The number of thioether (sulfide) groups is 1. The zero-order valence-electron chi connectivity index (χ0n) is 13.8. The van der Waals surface area contributed by atoms with E-state index >= 15 is 0 Å². The average molecular weight is 387 g/mol. The molecule has 1 unspecified atom stereocenters. The number of carbonyl (C=O) groups is 1. The van der Waals surface area contributed by atoms with Crippen LogP contribution in [0.1, 0.15) is 17.7 Å². The first-order valence-electron chi connectivity index (χ1n) is 7.77. The summed E-state index contributed by atoms with van der Waals surface area (Å²) in [4.78, 5) is 13.0. The van der Waals surface area contributed by atoms with Crippen molar-refractivity contribution in [1.29, 1.82) is 0 Å². The number of likely N-dealkylation sites (N-methyl/N-ethyl adjacent to an activating group) is 1. The van der Waals surface area contributed by atoms with E-state index in [9.17, 15) is 13.6 Å². The molecule has 0 saturated carbocycles. The zero-order chi connectivity index (χ0) is 17.4. The highest BCUT2D eigenvalue weighted by atomic mass is 35.5. The number of hydrogen-bond donors (Lipinski definition) is 2. The van der Waals surface area contributed by atoms with Crippen LogP contribution in [0.4, 0.5) is 8.78 Å². The molecule has 1 atom stereocenters. The Balaban J connectivity index is 0.00000312. The minimum Gasteiger partial charge on any atom is -0.354 e. The second-order valence-electron chi connectivity index (χ2n) is 5.13. The van der Waals surface area contributed by atoms with Crippen LogP contribution in [0.5, 0.6) is 0 Å². The molecule has 0 saturated heterocycles. The highest BCUT2D eigenvalue weighted by Gasteiger charge is 2.22. The summed E-state index contributed by atoms with van der Waals surface area (Å²) in [5.74, 6) is -1.97. The van der Waals surface area contributed by atoms with E-state index in [4.69, 9.17) is 0 Å². The molecule has 136 valence electrons. The number of amides is 1. The molecule has 25 heavy (non-hydrogen) atoms. The smallest absolute Gasteiger partial charge is 0.238 e. The Morgan fingerprint density at radius 1 is 1.08 bits per heavy atom. The SMILES string of the molecule is CCNCCNC(=O)C(Sc1ccc(F)c(F)c1)c1ccccc1.Cl. The van der Waals surface area contributed by atoms with Crippen LogP contribution in [0.3, 0.4) is 0 Å². The van der Waals surface area contributed by atoms with E-state index in [0.717, 1.165) is 24.2 Å². The predicted molar refractivity (Wildman–Crippen MR) is 100 cm³/mol. The van der Waals surface area contributed by atoms with Crippen LogP contribution in [0.25, 0.3) is 0 Å². The Morgan fingerprint density at radius 3 is 2.44 bits per heavy atom. The summed E-state index contributed by atoms with van der Waals surface area (Å²) in [5.41, 5.74) is 0.813. The van der Waals surface area contributed by atoms with Crippen LogP contribution in [-0.2, 0) is 4.79 Å². The van der Waals surface area contributed by atoms with Gasteiger partial charge in [0.25, 0.3) is 0 Å². The van der Waals surface area contributed by atoms with E-state index in [1.165, 1.54) is 17.8 Å². The molecule has 0 fully saturated rings. The van der Waals surface area contributed by atoms with Gasteiger partial charge in [0, 0.05) is 18.0 Å². The van der Waals surface area contributed by atoms with Crippen molar-refractivity contribution < 1.29 is 13.6 Å². The lowest BCUT2D eigenvalue weighted by molar-refractivity contribution is -0.120. The zero-order valence-corrected chi connectivity index (χ0v) is 15.4. The molecular formula is C18H21ClF2N2OS. The van der Waals surface area contributed by atoms with Crippen molar-refractivity contribution in [2.45, 2.75) is 17.1 Å². The molecule has 0 aliphatic heterocycles. The Bertz CT molecular complexity index is 673. The van der Waals surface area contributed by atoms with Gasteiger partial charge in [-0.15, -0.1) is 24.2 Å². The summed E-state index contributed by atoms with van der Waals surface area (Å²) in [6.45, 7) is 4.02. The van der Waals surface area contributed by atoms with Crippen LogP contribution < -0.4 is 10.6 Å². The molecule has 2 aromatic rings. The lowest BCUT2D eigenvalue weighted by Crippen LogP contribution is -2.34. The van der Waals surface area contributed by atoms with Gasteiger partial charge in [0.05, 0.1) is 0 Å². The van der Waals surface area contributed by atoms with Crippen molar-refractivity contribution >= 4 is 30.1 Å². The Labute approximate surface area is 157 Å². The van der Waals surface area contributed by atoms with E-state index < -0.39 is 16.9 Å². The van der Waals surface area contributed by atoms with Gasteiger partial charge in [0.2, 0.25) is 5.91 Å². The number of halogens is 3. The first kappa shape index (κ1) is 21.4. The van der Waals surface area contributed by atoms with E-state index in [1.54, 1.807) is 0 Å². The van der Waals surface area contributed by atoms with Gasteiger partial charge in [0.1, 0.15) is 5.25 Å². The molecule has 0 heterocycles. The van der Waals surface area contributed by atoms with E-state index in [0.29, 0.717) is 18.0 Å². The molecule has 7 heteroatoms. The van der Waals surface area contributed by atoms with Crippen LogP contribution in [0.2, 0.25) is 0 Å². The predicted octanol–water partition coefficient (Wildman–Crippen LogP) is 3.95. The molecule has 2 aromatic carbocycles. The minimum atomic E-state index is -0.917. The van der Waals surface area contributed by atoms with E-state index in [-0.39, 0.29) is 18.3 Å². The maximum atomic E-state index is 13.4. The summed E-state index contributed by atoms with van der Waals surface area (Å²) in [5, 5.41) is 5.48. The fourth-order valence-electron chi connectivity index (χ4n) is 2.13. The van der Waals surface area contributed by atoms with Crippen molar-refractivity contribution in [2.24, 2.45) is 0 Å². The topological polar surface area (TPSA) is 41.1 Å². The number of nitrogens with one attached hydrogen (secondary N) is 2. The number of hydrogen-bond acceptors (Lipinski definition) is 3. The van der Waals surface area contributed by atoms with Crippen molar-refractivity contribution in [1.82, 2.24) is 10.6 Å². The molecule has 0 radical (unpaired) electrons. The number of carbonyl (C=O) groups excluding carboxylic acids is 1. The molecule has 2 N–H and O–H groups in total. The molecule has 1 amide bonds. The monoisotopic (exact) mass is 386 g/mol. The third kappa shape index (κ3) is 6.65. The number of rotatable bonds is 8. The summed E-state index contributed by atoms with van der Waals surface area (Å²) >= 11 is 1.20. The third-order valence-electron chi connectivity index (χ3n) is 3.34. The van der Waals surface area contributed by atoms with Crippen molar-refractivity contribution in [3.8, 4) is 0 Å². The molecule has 0 aromatic heterocycles. The minimum absolute atomic E-state index is 0. The molecule has 0 bridgehead atoms. The maximum Gasteiger partial charge on any atom is 0.238 e. The quantitative estimate of drug-likeness (QED) is 0.533. The van der Waals surface area contributed by atoms with Gasteiger partial charge >= 0.3 is 0 Å². The second kappa shape index (κ2) is 11.1. The first-order valence-corrected chi connectivity index (χ1v) is 8.65. The van der Waals surface area contributed by atoms with Gasteiger partial charge in [-0.05, 0) is 30.3 Å². The molecule has 0 aliphatic carbocycles. The summed E-state index contributed by atoms with van der Waals surface area (Å²) in [7, 11) is 0. The van der Waals surface area contributed by atoms with Crippen LogP contribution >= 0.6 is 24.2 Å². The lowest BCUT2D eigenvalue weighted by Gasteiger charge is -2.17. The fourth-order valence-corrected chi connectivity index (χ4v) is 3.20. The largest absolute Gasteiger partial charge is 0.354 e. The van der Waals surface area contributed by atoms with Crippen molar-refractivity contribution in [3.05, 3.63) is 65.7 Å². The normalized spacial score (nSPS) is 11.5. The molecule has 0 spiro atoms. The van der Waals surface area contributed by atoms with Gasteiger partial charge in [-0.25, -0.2) is 8.78 Å². The summed E-state index contributed by atoms with van der Waals surface area (Å²) in [6, 6.07) is 12.9. The van der Waals surface area contributed by atoms with Gasteiger partial charge in [0.15, 0.2) is 11.6 Å². The van der Waals surface area contributed by atoms with Crippen LogP contribution in [0.15, 0.2) is 53.4 Å². The highest BCUT2D eigenvalue weighted by molar-refractivity contribution is 8.00. The number of benzene rings is 2. The van der Waals surface area contributed by atoms with E-state index in [2.05, 4.69) is 10.6 Å². The summed E-state index contributed by atoms with van der Waals surface area (Å²) < 4.78 is 26.5. The molecule has 0 aliphatic rings. The Morgan fingerprint density at radius 2 is 1.80 bits per heavy atom. The first-order chi connectivity index (χ1) is 11.6. The highest BCUT2D eigenvalue weighted by Crippen LogP contribution is 2.35. The van der Waals surface area contributed by atoms with E-state index in [1.807, 2.05) is 37.3 Å². The van der Waals surface area contributed by atoms with Gasteiger partial charge in [-0.3, -0.25) is 4.79 Å². The van der Waals surface area contributed by atoms with Gasteiger partial charge in [-0.2, -0.15) is 0 Å². The molecule has 3 nitrogen and oxygen atoms in total. The maximum absolute atomic E-state index is 13.4. The molecular weight excluding hydrogens is 366 g/mol. The molecule has 2 rings (SSSR count). The van der Waals surface area contributed by atoms with Crippen LogP contribution in [0, 0.1) is 11.6 Å². The van der Waals surface area contributed by atoms with Crippen LogP contribution in [-0.4, -0.2) is 25.5 Å². The second-order valence-corrected chi connectivity index (χ2v) is 6.31. The van der Waals surface area contributed by atoms with Gasteiger partial charge in [-0.1, -0.05) is 37.3 Å². The Kier molecular flexibility index (Phi) is 9.49. The standard InChI is InChI=1S/C18H20F2N2OS.ClH/c1-2-21-10-11-22-18(23)17(13-6-4-3-5-7-13)24-14-8-9-15(19)16(20)12-14;/h3-9,12,17,21H,2,10-11H2,1H3,(H,22,23);1H. The van der Waals surface area contributed by atoms with Crippen molar-refractivity contribution in [2.75, 3.05) is 19.6 Å². The van der Waals surface area contributed by atoms with Crippen molar-refractivity contribution in [3.63, 3.8) is 0 Å².